The molecule has 0 unspecified atom stereocenters. The molecule has 3 nitrogen and oxygen atoms in total. The van der Waals surface area contributed by atoms with Crippen molar-refractivity contribution in [3.05, 3.63) is 10.6 Å². The molecule has 0 atom stereocenters. The highest BCUT2D eigenvalue weighted by molar-refractivity contribution is 7.71. The Balaban J connectivity index is 3.01. The Morgan fingerprint density at radius 2 is 2.18 bits per heavy atom. The second kappa shape index (κ2) is 2.69. The molecule has 1 aromatic heterocycles. The van der Waals surface area contributed by atoms with Crippen LogP contribution in [-0.2, 0) is 5.92 Å². The van der Waals surface area contributed by atoms with Crippen LogP contribution in [0.2, 0.25) is 0 Å². The predicted molar refractivity (Wildman–Crippen MR) is 38.0 cm³/mol. The van der Waals surface area contributed by atoms with Crippen molar-refractivity contribution >= 4 is 12.2 Å². The Labute approximate surface area is 66.8 Å². The first-order chi connectivity index (χ1) is 5.06. The topological polar surface area (TPSA) is 44.5 Å². The van der Waals surface area contributed by atoms with Crippen LogP contribution >= 0.6 is 12.2 Å². The number of rotatable bonds is 2. The normalized spacial score (nSPS) is 11.9. The van der Waals surface area contributed by atoms with Crippen LogP contribution in [0.25, 0.3) is 0 Å². The molecule has 0 bridgehead atoms. The lowest BCUT2D eigenvalue weighted by Gasteiger charge is -2.08. The van der Waals surface area contributed by atoms with E-state index in [1.807, 2.05) is 0 Å². The third kappa shape index (κ3) is 1.62. The fourth-order valence-electron chi connectivity index (χ4n) is 0.611. The van der Waals surface area contributed by atoms with Crippen molar-refractivity contribution < 1.29 is 8.78 Å². The smallest absolute Gasteiger partial charge is 0.281 e. The van der Waals surface area contributed by atoms with E-state index in [-0.39, 0.29) is 11.2 Å². The van der Waals surface area contributed by atoms with Gasteiger partial charge in [0.25, 0.3) is 0 Å². The van der Waals surface area contributed by atoms with Crippen molar-refractivity contribution in [2.75, 3.05) is 0 Å². The lowest BCUT2D eigenvalue weighted by molar-refractivity contribution is -0.0172. The van der Waals surface area contributed by atoms with Gasteiger partial charge >= 0.3 is 5.92 Å². The second-order valence-electron chi connectivity index (χ2n) is 2.07. The molecule has 6 heteroatoms. The molecule has 0 spiro atoms. The van der Waals surface area contributed by atoms with Crippen LogP contribution in [0, 0.1) is 4.77 Å². The summed E-state index contributed by atoms with van der Waals surface area (Å²) in [6, 6.07) is 0. The van der Waals surface area contributed by atoms with Gasteiger partial charge in [-0.2, -0.15) is 13.8 Å². The molecule has 0 fully saturated rings. The lowest BCUT2D eigenvalue weighted by Crippen LogP contribution is -2.13. The Bertz CT molecular complexity index is 290. The average molecular weight is 179 g/mol. The summed E-state index contributed by atoms with van der Waals surface area (Å²) in [5, 5.41) is 4.51. The number of alkyl halides is 2. The summed E-state index contributed by atoms with van der Waals surface area (Å²) in [5.74, 6) is -3.31. The van der Waals surface area contributed by atoms with Gasteiger partial charge in [0.15, 0.2) is 5.82 Å². The van der Waals surface area contributed by atoms with E-state index in [1.165, 1.54) is 6.92 Å². The first-order valence-electron chi connectivity index (χ1n) is 3.09. The number of nitrogens with zero attached hydrogens (tertiary/aromatic N) is 1. The maximum atomic E-state index is 12.7. The van der Waals surface area contributed by atoms with E-state index >= 15 is 0 Å². The predicted octanol–water partition coefficient (Wildman–Crippen LogP) is 1.97. The maximum Gasteiger partial charge on any atom is 0.305 e. The summed E-state index contributed by atoms with van der Waals surface area (Å²) in [6.45, 7) is 1.38. The SMILES string of the molecule is CCC(F)(F)c1nc(=S)[nH][nH]1. The van der Waals surface area contributed by atoms with Crippen LogP contribution in [0.15, 0.2) is 0 Å². The van der Waals surface area contributed by atoms with Crippen molar-refractivity contribution in [1.82, 2.24) is 15.2 Å². The fourth-order valence-corrected chi connectivity index (χ4v) is 0.753. The molecule has 0 amide bonds. The summed E-state index contributed by atoms with van der Waals surface area (Å²) < 4.78 is 25.5. The van der Waals surface area contributed by atoms with Gasteiger partial charge in [-0.25, -0.2) is 0 Å². The average Bonchev–Trinajstić information content (AvgIpc) is 2.36. The minimum absolute atomic E-state index is 0.0492. The second-order valence-corrected chi connectivity index (χ2v) is 2.46. The van der Waals surface area contributed by atoms with Crippen molar-refractivity contribution in [3.63, 3.8) is 0 Å². The van der Waals surface area contributed by atoms with E-state index in [4.69, 9.17) is 0 Å². The molecule has 2 N–H and O–H groups in total. The van der Waals surface area contributed by atoms with Crippen LogP contribution in [0.4, 0.5) is 8.78 Å². The molecule has 0 aliphatic heterocycles. The zero-order chi connectivity index (χ0) is 8.48. The van der Waals surface area contributed by atoms with Gasteiger partial charge in [0.05, 0.1) is 0 Å². The Morgan fingerprint density at radius 1 is 1.55 bits per heavy atom. The molecule has 0 aliphatic carbocycles. The highest BCUT2D eigenvalue weighted by Gasteiger charge is 2.32. The van der Waals surface area contributed by atoms with Crippen molar-refractivity contribution in [1.29, 1.82) is 0 Å². The van der Waals surface area contributed by atoms with Crippen LogP contribution < -0.4 is 0 Å². The van der Waals surface area contributed by atoms with Crippen LogP contribution in [-0.4, -0.2) is 15.2 Å². The van der Waals surface area contributed by atoms with Crippen LogP contribution in [0.3, 0.4) is 0 Å². The summed E-state index contributed by atoms with van der Waals surface area (Å²) in [5.41, 5.74) is 0. The first kappa shape index (κ1) is 8.32. The minimum atomic E-state index is -2.91. The van der Waals surface area contributed by atoms with Crippen molar-refractivity contribution in [3.8, 4) is 0 Å². The third-order valence-corrected chi connectivity index (χ3v) is 1.49. The number of nitrogens with one attached hydrogen (secondary N) is 2. The van der Waals surface area contributed by atoms with Crippen molar-refractivity contribution in [2.45, 2.75) is 19.3 Å². The van der Waals surface area contributed by atoms with E-state index in [1.54, 1.807) is 0 Å². The molecule has 0 aliphatic rings. The molecule has 1 aromatic rings. The standard InChI is InChI=1S/C5H7F2N3S/c1-2-5(6,7)3-8-4(11)10-9-3/h2H2,1H3,(H2,8,9,10,11). The van der Waals surface area contributed by atoms with Gasteiger partial charge < -0.3 is 0 Å². The number of halogens is 2. The van der Waals surface area contributed by atoms with Crippen LogP contribution in [0.1, 0.15) is 19.2 Å². The minimum Gasteiger partial charge on any atom is -0.281 e. The Morgan fingerprint density at radius 3 is 2.55 bits per heavy atom. The molecule has 62 valence electrons. The summed E-state index contributed by atoms with van der Waals surface area (Å²) in [4.78, 5) is 3.41. The van der Waals surface area contributed by atoms with Gasteiger partial charge in [-0.15, -0.1) is 0 Å². The van der Waals surface area contributed by atoms with E-state index in [0.29, 0.717) is 0 Å². The molecule has 0 radical (unpaired) electrons. The van der Waals surface area contributed by atoms with Gasteiger partial charge in [-0.3, -0.25) is 10.2 Å². The highest BCUT2D eigenvalue weighted by Crippen LogP contribution is 2.27. The third-order valence-electron chi connectivity index (χ3n) is 1.29. The molecule has 1 rings (SSSR count). The van der Waals surface area contributed by atoms with Gasteiger partial charge in [0, 0.05) is 6.42 Å². The molecule has 0 saturated carbocycles. The highest BCUT2D eigenvalue weighted by atomic mass is 32.1. The maximum absolute atomic E-state index is 12.7. The Hall–Kier alpha value is -0.780. The first-order valence-corrected chi connectivity index (χ1v) is 3.50. The fraction of sp³-hybridized carbons (Fsp3) is 0.600. The summed E-state index contributed by atoms with van der Waals surface area (Å²) in [7, 11) is 0. The van der Waals surface area contributed by atoms with E-state index in [2.05, 4.69) is 27.4 Å². The number of aromatic amines is 2. The van der Waals surface area contributed by atoms with E-state index < -0.39 is 11.7 Å². The zero-order valence-corrected chi connectivity index (χ0v) is 6.63. The van der Waals surface area contributed by atoms with Gasteiger partial charge in [-0.05, 0) is 12.2 Å². The molecule has 1 heterocycles. The molecular formula is C5H7F2N3S. The van der Waals surface area contributed by atoms with Crippen molar-refractivity contribution in [2.24, 2.45) is 0 Å². The Kier molecular flexibility index (Phi) is 2.03. The molecule has 0 saturated heterocycles. The zero-order valence-electron chi connectivity index (χ0n) is 5.82. The van der Waals surface area contributed by atoms with Crippen LogP contribution in [0.5, 0.6) is 0 Å². The lowest BCUT2D eigenvalue weighted by atomic mass is 10.2. The van der Waals surface area contributed by atoms with Gasteiger partial charge in [0.1, 0.15) is 0 Å². The van der Waals surface area contributed by atoms with E-state index in [0.717, 1.165) is 0 Å². The number of H-pyrrole nitrogens is 2. The number of hydrogen-bond acceptors (Lipinski definition) is 2. The summed E-state index contributed by atoms with van der Waals surface area (Å²) >= 11 is 4.52. The monoisotopic (exact) mass is 179 g/mol. The quantitative estimate of drug-likeness (QED) is 0.682. The molecule has 11 heavy (non-hydrogen) atoms. The number of hydrogen-bond donors (Lipinski definition) is 2. The van der Waals surface area contributed by atoms with E-state index in [9.17, 15) is 8.78 Å². The van der Waals surface area contributed by atoms with Gasteiger partial charge in [0.2, 0.25) is 4.77 Å². The molecule has 0 aromatic carbocycles. The molecular weight excluding hydrogens is 172 g/mol. The largest absolute Gasteiger partial charge is 0.305 e. The van der Waals surface area contributed by atoms with Gasteiger partial charge in [-0.1, -0.05) is 6.92 Å². The summed E-state index contributed by atoms with van der Waals surface area (Å²) in [6.07, 6.45) is -0.289. The number of aromatic nitrogens is 3.